The minimum absolute atomic E-state index is 0.000260. The van der Waals surface area contributed by atoms with E-state index in [2.05, 4.69) is 0 Å². The monoisotopic (exact) mass is 386 g/mol. The lowest BCUT2D eigenvalue weighted by atomic mass is 9.59. The summed E-state index contributed by atoms with van der Waals surface area (Å²) in [6.45, 7) is 0. The van der Waals surface area contributed by atoms with Gasteiger partial charge >= 0.3 is 0 Å². The van der Waals surface area contributed by atoms with Crippen LogP contribution in [0.2, 0.25) is 0 Å². The summed E-state index contributed by atoms with van der Waals surface area (Å²) in [4.78, 5) is 37.4. The van der Waals surface area contributed by atoms with Crippen LogP contribution in [-0.4, -0.2) is 49.5 Å². The second kappa shape index (κ2) is 5.66. The minimum Gasteiger partial charge on any atom is -0.510 e. The number of hydrogen-bond acceptors (Lipinski definition) is 8. The zero-order valence-electron chi connectivity index (χ0n) is 14.5. The zero-order chi connectivity index (χ0) is 20.5. The Hall–Kier alpha value is -3.17. The molecule has 0 radical (unpaired) electrons. The maximum absolute atomic E-state index is 13.0. The van der Waals surface area contributed by atoms with Crippen molar-refractivity contribution in [2.75, 3.05) is 0 Å². The average Bonchev–Trinajstić information content (AvgIpc) is 2.62. The topological polar surface area (TPSA) is 184 Å². The third-order valence-electron chi connectivity index (χ3n) is 5.99. The smallest absolute Gasteiger partial charge is 0.255 e. The van der Waals surface area contributed by atoms with Crippen molar-refractivity contribution in [2.24, 2.45) is 23.3 Å². The summed E-state index contributed by atoms with van der Waals surface area (Å²) >= 11 is 0. The van der Waals surface area contributed by atoms with E-state index in [1.54, 1.807) is 12.1 Å². The largest absolute Gasteiger partial charge is 0.510 e. The van der Waals surface area contributed by atoms with Gasteiger partial charge in [0, 0.05) is 11.5 Å². The number of fused-ring (bicyclic) bond motifs is 3. The van der Waals surface area contributed by atoms with E-state index in [4.69, 9.17) is 11.5 Å². The van der Waals surface area contributed by atoms with Crippen LogP contribution in [-0.2, 0) is 16.0 Å². The van der Waals surface area contributed by atoms with Crippen LogP contribution in [0.1, 0.15) is 22.3 Å². The van der Waals surface area contributed by atoms with Gasteiger partial charge in [-0.1, -0.05) is 12.1 Å². The Balaban J connectivity index is 1.95. The fourth-order valence-electron chi connectivity index (χ4n) is 4.65. The zero-order valence-corrected chi connectivity index (χ0v) is 14.5. The van der Waals surface area contributed by atoms with Gasteiger partial charge in [0.25, 0.3) is 5.91 Å². The van der Waals surface area contributed by atoms with Crippen molar-refractivity contribution in [3.63, 3.8) is 0 Å². The highest BCUT2D eigenvalue weighted by Gasteiger charge is 2.62. The summed E-state index contributed by atoms with van der Waals surface area (Å²) in [7, 11) is 0. The first-order valence-corrected chi connectivity index (χ1v) is 8.65. The number of aliphatic hydroxyl groups is 3. The summed E-state index contributed by atoms with van der Waals surface area (Å²) in [5.74, 6) is -7.02. The molecule has 0 spiro atoms. The van der Waals surface area contributed by atoms with E-state index in [1.165, 1.54) is 6.07 Å². The van der Waals surface area contributed by atoms with Gasteiger partial charge in [-0.05, 0) is 30.4 Å². The number of Topliss-reactive ketones (excluding diaryl/α,β-unsaturated/α-hetero) is 2. The normalized spacial score (nSPS) is 32.0. The number of phenols is 1. The number of carbonyl (C=O) groups is 3. The first-order valence-electron chi connectivity index (χ1n) is 8.65. The van der Waals surface area contributed by atoms with Crippen LogP contribution in [0.3, 0.4) is 0 Å². The molecule has 0 saturated carbocycles. The van der Waals surface area contributed by atoms with E-state index in [9.17, 15) is 34.8 Å². The van der Waals surface area contributed by atoms with Gasteiger partial charge in [-0.25, -0.2) is 0 Å². The summed E-state index contributed by atoms with van der Waals surface area (Å²) in [5, 5.41) is 42.2. The second-order valence-corrected chi connectivity index (χ2v) is 7.39. The van der Waals surface area contributed by atoms with Gasteiger partial charge in [0.1, 0.15) is 22.8 Å². The summed E-state index contributed by atoms with van der Waals surface area (Å²) in [5.41, 5.74) is 7.87. The highest BCUT2D eigenvalue weighted by Crippen LogP contribution is 2.50. The van der Waals surface area contributed by atoms with E-state index in [0.717, 1.165) is 0 Å². The number of rotatable bonds is 1. The molecule has 4 atom stereocenters. The lowest BCUT2D eigenvalue weighted by molar-refractivity contribution is -0.145. The number of primary amides is 1. The van der Waals surface area contributed by atoms with Gasteiger partial charge in [-0.3, -0.25) is 14.4 Å². The Morgan fingerprint density at radius 3 is 2.50 bits per heavy atom. The molecule has 3 aliphatic carbocycles. The minimum atomic E-state index is -2.67. The highest BCUT2D eigenvalue weighted by atomic mass is 16.3. The molecular formula is C19H18N2O7. The molecule has 1 aromatic carbocycles. The average molecular weight is 386 g/mol. The van der Waals surface area contributed by atoms with Crippen LogP contribution < -0.4 is 11.5 Å². The number of aliphatic hydroxyl groups excluding tert-OH is 2. The van der Waals surface area contributed by atoms with Crippen LogP contribution in [0.15, 0.2) is 40.9 Å². The Bertz CT molecular complexity index is 1030. The van der Waals surface area contributed by atoms with Crippen LogP contribution in [0.4, 0.5) is 0 Å². The lowest BCUT2D eigenvalue weighted by Crippen LogP contribution is -2.63. The fourth-order valence-corrected chi connectivity index (χ4v) is 4.65. The molecule has 0 fully saturated rings. The predicted octanol–water partition coefficient (Wildman–Crippen LogP) is -0.482. The standard InChI is InChI=1S/C19H18N2O7/c20-13-8-5-7-4-6-2-1-3-9(22)10(6)14(23)11(7)16(25)19(8,28)17(26)12(15(13)24)18(21)27/h1-3,7-8,13,22,24-25,28H,4-5,20H2,(H2,21,27)/t7?,8?,13-,19-/m0/s1. The molecule has 146 valence electrons. The Morgan fingerprint density at radius 2 is 1.86 bits per heavy atom. The number of aromatic hydroxyl groups is 1. The van der Waals surface area contributed by atoms with Gasteiger partial charge in [-0.15, -0.1) is 0 Å². The molecule has 1 amide bonds. The number of ketones is 2. The molecule has 9 nitrogen and oxygen atoms in total. The molecule has 3 aliphatic rings. The lowest BCUT2D eigenvalue weighted by Gasteiger charge is -2.47. The number of allylic oxidation sites excluding steroid dienone is 1. The molecular weight excluding hydrogens is 368 g/mol. The van der Waals surface area contributed by atoms with E-state index < -0.39 is 58.0 Å². The number of hydrogen-bond donors (Lipinski definition) is 6. The van der Waals surface area contributed by atoms with E-state index >= 15 is 0 Å². The quantitative estimate of drug-likeness (QED) is 0.349. The fraction of sp³-hybridized carbons (Fsp3) is 0.316. The SMILES string of the molecule is NC(=O)C1=C(O)[C@@H](N)C2CC3Cc4cccc(O)c4C(=O)C3=C(O)[C@]2(O)C1=O. The molecule has 0 aliphatic heterocycles. The molecule has 0 heterocycles. The molecule has 0 aromatic heterocycles. The van der Waals surface area contributed by atoms with E-state index in [-0.39, 0.29) is 29.7 Å². The molecule has 0 bridgehead atoms. The van der Waals surface area contributed by atoms with Crippen molar-refractivity contribution in [3.8, 4) is 5.75 Å². The van der Waals surface area contributed by atoms with E-state index in [0.29, 0.717) is 5.56 Å². The molecule has 8 N–H and O–H groups in total. The molecule has 9 heteroatoms. The summed E-state index contributed by atoms with van der Waals surface area (Å²) < 4.78 is 0. The number of phenolic OH excluding ortho intramolecular Hbond substituents is 1. The maximum atomic E-state index is 13.0. The molecule has 1 aromatic rings. The van der Waals surface area contributed by atoms with Crippen molar-refractivity contribution in [1.29, 1.82) is 0 Å². The van der Waals surface area contributed by atoms with Gasteiger partial charge in [0.15, 0.2) is 11.4 Å². The van der Waals surface area contributed by atoms with Crippen molar-refractivity contribution < 1.29 is 34.8 Å². The van der Waals surface area contributed by atoms with Gasteiger partial charge in [0.2, 0.25) is 5.78 Å². The Morgan fingerprint density at radius 1 is 1.18 bits per heavy atom. The number of carbonyl (C=O) groups excluding carboxylic acids is 3. The van der Waals surface area contributed by atoms with Gasteiger partial charge in [0.05, 0.1) is 11.6 Å². The van der Waals surface area contributed by atoms with Crippen LogP contribution >= 0.6 is 0 Å². The third kappa shape index (κ3) is 2.05. The highest BCUT2D eigenvalue weighted by molar-refractivity contribution is 6.24. The number of nitrogens with two attached hydrogens (primary N) is 2. The van der Waals surface area contributed by atoms with Crippen LogP contribution in [0.25, 0.3) is 0 Å². The molecule has 4 rings (SSSR count). The van der Waals surface area contributed by atoms with Crippen LogP contribution in [0.5, 0.6) is 5.75 Å². The summed E-state index contributed by atoms with van der Waals surface area (Å²) in [6.07, 6.45) is 0.259. The van der Waals surface area contributed by atoms with Gasteiger partial charge in [-0.2, -0.15) is 0 Å². The Labute approximate surface area is 158 Å². The summed E-state index contributed by atoms with van der Waals surface area (Å²) in [6, 6.07) is 3.23. The van der Waals surface area contributed by atoms with Crippen molar-refractivity contribution in [2.45, 2.75) is 24.5 Å². The second-order valence-electron chi connectivity index (χ2n) is 7.39. The van der Waals surface area contributed by atoms with Crippen molar-refractivity contribution in [1.82, 2.24) is 0 Å². The number of amides is 1. The maximum Gasteiger partial charge on any atom is 0.255 e. The van der Waals surface area contributed by atoms with Crippen LogP contribution in [0, 0.1) is 11.8 Å². The molecule has 2 unspecified atom stereocenters. The Kier molecular flexibility index (Phi) is 3.68. The third-order valence-corrected chi connectivity index (χ3v) is 5.99. The number of benzene rings is 1. The van der Waals surface area contributed by atoms with E-state index in [1.807, 2.05) is 0 Å². The first kappa shape index (κ1) is 18.2. The van der Waals surface area contributed by atoms with Gasteiger partial charge < -0.3 is 31.9 Å². The predicted molar refractivity (Wildman–Crippen MR) is 94.2 cm³/mol. The molecule has 28 heavy (non-hydrogen) atoms. The van der Waals surface area contributed by atoms with Crippen molar-refractivity contribution in [3.05, 3.63) is 52.0 Å². The van der Waals surface area contributed by atoms with Crippen molar-refractivity contribution >= 4 is 17.5 Å². The first-order chi connectivity index (χ1) is 13.1. The molecule has 0 saturated heterocycles.